The van der Waals surface area contributed by atoms with Crippen LogP contribution in [-0.2, 0) is 45.8 Å². The van der Waals surface area contributed by atoms with Crippen molar-refractivity contribution in [3.8, 4) is 0 Å². The lowest BCUT2D eigenvalue weighted by Crippen LogP contribution is -2.50. The second-order valence-electron chi connectivity index (χ2n) is 10.7. The van der Waals surface area contributed by atoms with E-state index in [0.717, 1.165) is 15.0 Å². The van der Waals surface area contributed by atoms with Gasteiger partial charge in [0.05, 0.1) is 19.4 Å². The topological polar surface area (TPSA) is 205 Å². The minimum Gasteiger partial charge on any atom is -0.480 e. The molecule has 17 heteroatoms. The van der Waals surface area contributed by atoms with Crippen molar-refractivity contribution >= 4 is 37.5 Å². The van der Waals surface area contributed by atoms with E-state index in [4.69, 9.17) is 18.5 Å². The molecule has 0 fully saturated rings. The number of ether oxygens (including phenoxy) is 2. The summed E-state index contributed by atoms with van der Waals surface area (Å²) in [6, 6.07) is 8.68. The molecule has 3 amide bonds. The second kappa shape index (κ2) is 18.0. The van der Waals surface area contributed by atoms with Crippen molar-refractivity contribution in [2.75, 3.05) is 37.8 Å². The standard InChI is InChI=1S/C29H42N5O11P/c1-6-43-46(41,44-7-2)18-14-22(25(36)37)34(17-15-30-27(39)45-29(3,4)5)24(35)19-33-16-13-23(31-26(33)38)32-28(40)42-20-21-11-9-8-10-12-21/h8-13,16,22H,6-7,14-15,17-20H2,1-5H3,(H,30,39)(H,36,37)(H,31,32,38,40). The SMILES string of the molecule is CCOP(=O)(CCC(C(=O)O)N(CCNC(=O)OC(C)(C)C)C(=O)Cn1ccc(NC(=O)OCc2ccccc2)nc1=O)OCC. The number of nitrogens with one attached hydrogen (secondary N) is 2. The Kier molecular flexibility index (Phi) is 14.9. The van der Waals surface area contributed by atoms with Crippen LogP contribution in [0.3, 0.4) is 0 Å². The molecule has 1 aromatic carbocycles. The van der Waals surface area contributed by atoms with Gasteiger partial charge in [-0.3, -0.25) is 19.2 Å². The van der Waals surface area contributed by atoms with Crippen molar-refractivity contribution in [2.24, 2.45) is 0 Å². The molecule has 0 spiro atoms. The van der Waals surface area contributed by atoms with Crippen molar-refractivity contribution in [3.63, 3.8) is 0 Å². The van der Waals surface area contributed by atoms with Crippen molar-refractivity contribution in [1.29, 1.82) is 0 Å². The number of aromatic nitrogens is 2. The molecule has 254 valence electrons. The number of rotatable bonds is 17. The van der Waals surface area contributed by atoms with Gasteiger partial charge in [-0.15, -0.1) is 0 Å². The van der Waals surface area contributed by atoms with Gasteiger partial charge in [-0.2, -0.15) is 4.98 Å². The largest absolute Gasteiger partial charge is 0.480 e. The zero-order chi connectivity index (χ0) is 34.3. The minimum atomic E-state index is -3.66. The van der Waals surface area contributed by atoms with E-state index in [1.54, 1.807) is 58.9 Å². The number of hydrogen-bond donors (Lipinski definition) is 3. The number of carbonyl (C=O) groups is 4. The lowest BCUT2D eigenvalue weighted by Gasteiger charge is -2.30. The first-order valence-corrected chi connectivity index (χ1v) is 16.3. The molecular formula is C29H42N5O11P. The van der Waals surface area contributed by atoms with Crippen LogP contribution < -0.4 is 16.3 Å². The predicted molar refractivity (Wildman–Crippen MR) is 166 cm³/mol. The van der Waals surface area contributed by atoms with Crippen LogP contribution in [0.5, 0.6) is 0 Å². The highest BCUT2D eigenvalue weighted by molar-refractivity contribution is 7.53. The fraction of sp³-hybridized carbons (Fsp3) is 0.517. The summed E-state index contributed by atoms with van der Waals surface area (Å²) < 4.78 is 34.8. The van der Waals surface area contributed by atoms with Crippen molar-refractivity contribution < 1.29 is 47.4 Å². The van der Waals surface area contributed by atoms with Gasteiger partial charge < -0.3 is 33.8 Å². The van der Waals surface area contributed by atoms with E-state index < -0.39 is 55.5 Å². The van der Waals surface area contributed by atoms with Gasteiger partial charge in [-0.25, -0.2) is 19.2 Å². The fourth-order valence-electron chi connectivity index (χ4n) is 4.02. The molecule has 0 saturated heterocycles. The lowest BCUT2D eigenvalue weighted by molar-refractivity contribution is -0.150. The van der Waals surface area contributed by atoms with Gasteiger partial charge in [0, 0.05) is 19.3 Å². The molecule has 46 heavy (non-hydrogen) atoms. The molecule has 0 aliphatic rings. The maximum absolute atomic E-state index is 13.5. The number of nitrogens with zero attached hydrogens (tertiary/aromatic N) is 3. The van der Waals surface area contributed by atoms with E-state index in [1.165, 1.54) is 12.3 Å². The molecular weight excluding hydrogens is 625 g/mol. The predicted octanol–water partition coefficient (Wildman–Crippen LogP) is 3.45. The first-order valence-electron chi connectivity index (χ1n) is 14.6. The van der Waals surface area contributed by atoms with E-state index in [1.807, 2.05) is 6.07 Å². The van der Waals surface area contributed by atoms with E-state index in [0.29, 0.717) is 0 Å². The number of carbonyl (C=O) groups excluding carboxylic acids is 3. The van der Waals surface area contributed by atoms with Crippen LogP contribution in [-0.4, -0.2) is 87.7 Å². The number of amides is 3. The van der Waals surface area contributed by atoms with Gasteiger partial charge in [-0.1, -0.05) is 30.3 Å². The molecule has 1 atom stereocenters. The molecule has 0 aliphatic carbocycles. The molecule has 1 unspecified atom stereocenters. The summed E-state index contributed by atoms with van der Waals surface area (Å²) in [5.74, 6) is -2.35. The third-order valence-electron chi connectivity index (χ3n) is 5.95. The van der Waals surface area contributed by atoms with Crippen LogP contribution in [0.25, 0.3) is 0 Å². The number of benzene rings is 1. The minimum absolute atomic E-state index is 0.00774. The third-order valence-corrected chi connectivity index (χ3v) is 8.06. The highest BCUT2D eigenvalue weighted by Crippen LogP contribution is 2.48. The number of aliphatic carboxylic acids is 1. The first kappa shape index (κ1) is 37.9. The van der Waals surface area contributed by atoms with Crippen LogP contribution in [0.2, 0.25) is 0 Å². The maximum atomic E-state index is 13.5. The summed E-state index contributed by atoms with van der Waals surface area (Å²) >= 11 is 0. The summed E-state index contributed by atoms with van der Waals surface area (Å²) in [7, 11) is -3.66. The molecule has 2 aromatic rings. The van der Waals surface area contributed by atoms with Crippen LogP contribution in [0.15, 0.2) is 47.4 Å². The molecule has 2 rings (SSSR count). The van der Waals surface area contributed by atoms with E-state index >= 15 is 0 Å². The summed E-state index contributed by atoms with van der Waals surface area (Å²) in [6.45, 7) is 7.21. The third kappa shape index (κ3) is 13.4. The zero-order valence-electron chi connectivity index (χ0n) is 26.6. The molecule has 1 aromatic heterocycles. The zero-order valence-corrected chi connectivity index (χ0v) is 27.5. The molecule has 16 nitrogen and oxygen atoms in total. The number of carboxylic acids is 1. The molecule has 0 saturated carbocycles. The molecule has 3 N–H and O–H groups in total. The normalized spacial score (nSPS) is 12.1. The van der Waals surface area contributed by atoms with E-state index in [-0.39, 0.29) is 51.3 Å². The van der Waals surface area contributed by atoms with E-state index in [9.17, 15) is 33.6 Å². The Bertz CT molecular complexity index is 1420. The molecule has 1 heterocycles. The van der Waals surface area contributed by atoms with Crippen LogP contribution in [0.4, 0.5) is 15.4 Å². The molecule has 0 bridgehead atoms. The van der Waals surface area contributed by atoms with Crippen LogP contribution in [0, 0.1) is 0 Å². The second-order valence-corrected chi connectivity index (χ2v) is 12.9. The van der Waals surface area contributed by atoms with Gasteiger partial charge >= 0.3 is 31.4 Å². The Hall–Kier alpha value is -4.27. The number of carboxylic acid groups (broad SMARTS) is 1. The van der Waals surface area contributed by atoms with Gasteiger partial charge in [0.1, 0.15) is 30.6 Å². The van der Waals surface area contributed by atoms with E-state index in [2.05, 4.69) is 15.6 Å². The Morgan fingerprint density at radius 2 is 1.70 bits per heavy atom. The summed E-state index contributed by atoms with van der Waals surface area (Å²) in [5, 5.41) is 14.9. The first-order chi connectivity index (χ1) is 21.7. The summed E-state index contributed by atoms with van der Waals surface area (Å²) in [5.41, 5.74) is -0.953. The Labute approximate surface area is 266 Å². The Balaban J connectivity index is 2.19. The average Bonchev–Trinajstić information content (AvgIpc) is 2.96. The quantitative estimate of drug-likeness (QED) is 0.208. The average molecular weight is 668 g/mol. The lowest BCUT2D eigenvalue weighted by atomic mass is 10.2. The highest BCUT2D eigenvalue weighted by atomic mass is 31.2. The van der Waals surface area contributed by atoms with Gasteiger partial charge in [0.25, 0.3) is 0 Å². The number of anilines is 1. The monoisotopic (exact) mass is 667 g/mol. The van der Waals surface area contributed by atoms with Gasteiger partial charge in [0.2, 0.25) is 5.91 Å². The smallest absolute Gasteiger partial charge is 0.413 e. The van der Waals surface area contributed by atoms with Crippen molar-refractivity contribution in [2.45, 2.75) is 65.8 Å². The van der Waals surface area contributed by atoms with Gasteiger partial charge in [-0.05, 0) is 52.7 Å². The Morgan fingerprint density at radius 3 is 2.26 bits per heavy atom. The number of hydrogen-bond acceptors (Lipinski definition) is 11. The van der Waals surface area contributed by atoms with Crippen molar-refractivity contribution in [1.82, 2.24) is 19.8 Å². The molecule has 0 radical (unpaired) electrons. The maximum Gasteiger partial charge on any atom is 0.413 e. The molecule has 0 aliphatic heterocycles. The summed E-state index contributed by atoms with van der Waals surface area (Å²) in [6.07, 6.45) is -1.06. The number of alkyl carbamates (subject to hydrolysis) is 1. The van der Waals surface area contributed by atoms with Crippen LogP contribution >= 0.6 is 7.60 Å². The summed E-state index contributed by atoms with van der Waals surface area (Å²) in [4.78, 5) is 67.6. The highest BCUT2D eigenvalue weighted by Gasteiger charge is 2.34. The van der Waals surface area contributed by atoms with Crippen molar-refractivity contribution in [3.05, 3.63) is 58.6 Å². The fourth-order valence-corrected chi connectivity index (χ4v) is 5.70. The van der Waals surface area contributed by atoms with Gasteiger partial charge in [0.15, 0.2) is 0 Å². The Morgan fingerprint density at radius 1 is 1.04 bits per heavy atom. The van der Waals surface area contributed by atoms with Crippen LogP contribution in [0.1, 0.15) is 46.6 Å².